The van der Waals surface area contributed by atoms with Gasteiger partial charge in [-0.3, -0.25) is 5.32 Å². The van der Waals surface area contributed by atoms with Gasteiger partial charge in [0.05, 0.1) is 5.69 Å². The number of hydrogen-bond acceptors (Lipinski definition) is 6. The van der Waals surface area contributed by atoms with E-state index >= 15 is 0 Å². The average Bonchev–Trinajstić information content (AvgIpc) is 3.18. The van der Waals surface area contributed by atoms with Crippen molar-refractivity contribution in [1.82, 2.24) is 29.4 Å². The number of amides is 2. The lowest BCUT2D eigenvalue weighted by atomic mass is 10.2. The van der Waals surface area contributed by atoms with Gasteiger partial charge in [-0.25, -0.2) is 19.4 Å². The van der Waals surface area contributed by atoms with Crippen LogP contribution in [0.25, 0.3) is 5.69 Å². The Morgan fingerprint density at radius 3 is 2.77 bits per heavy atom. The van der Waals surface area contributed by atoms with Crippen molar-refractivity contribution >= 4 is 22.7 Å². The maximum absolute atomic E-state index is 11.7. The van der Waals surface area contributed by atoms with E-state index in [-0.39, 0.29) is 6.03 Å². The van der Waals surface area contributed by atoms with E-state index in [9.17, 15) is 4.79 Å². The lowest BCUT2D eigenvalue weighted by Crippen LogP contribution is -2.28. The van der Waals surface area contributed by atoms with Crippen LogP contribution in [0.1, 0.15) is 11.4 Å². The number of nitrogens with one attached hydrogen (secondary N) is 2. The highest BCUT2D eigenvalue weighted by Gasteiger charge is 2.05. The zero-order chi connectivity index (χ0) is 15.4. The van der Waals surface area contributed by atoms with E-state index in [0.29, 0.717) is 17.5 Å². The fourth-order valence-electron chi connectivity index (χ4n) is 1.78. The van der Waals surface area contributed by atoms with Gasteiger partial charge in [-0.1, -0.05) is 12.1 Å². The molecule has 3 aromatic rings. The van der Waals surface area contributed by atoms with Gasteiger partial charge < -0.3 is 5.32 Å². The van der Waals surface area contributed by atoms with Gasteiger partial charge in [-0.05, 0) is 24.6 Å². The largest absolute Gasteiger partial charge is 0.334 e. The van der Waals surface area contributed by atoms with Crippen LogP contribution in [-0.2, 0) is 6.54 Å². The number of rotatable bonds is 4. The van der Waals surface area contributed by atoms with E-state index in [2.05, 4.69) is 30.1 Å². The van der Waals surface area contributed by atoms with Crippen LogP contribution >= 0.6 is 11.5 Å². The molecular formula is C13H13N7OS. The molecule has 2 aromatic heterocycles. The summed E-state index contributed by atoms with van der Waals surface area (Å²) in [5.74, 6) is 0.643. The number of anilines is 1. The number of carbonyl (C=O) groups is 1. The first-order chi connectivity index (χ1) is 10.7. The third-order valence-corrected chi connectivity index (χ3v) is 3.54. The van der Waals surface area contributed by atoms with Crippen LogP contribution in [0.3, 0.4) is 0 Å². The van der Waals surface area contributed by atoms with E-state index in [1.807, 2.05) is 24.3 Å². The Hall–Kier alpha value is -2.81. The zero-order valence-electron chi connectivity index (χ0n) is 11.7. The number of nitrogens with zero attached hydrogens (tertiary/aromatic N) is 5. The Morgan fingerprint density at radius 2 is 2.14 bits per heavy atom. The molecule has 0 spiro atoms. The molecule has 0 unspecified atom stereocenters. The summed E-state index contributed by atoms with van der Waals surface area (Å²) in [7, 11) is 0. The standard InChI is InChI=1S/C13H13N7OS/c1-9-17-13(22-19-9)18-12(21)15-6-10-2-4-11(5-3-10)20-8-14-7-16-20/h2-5,7-8H,6H2,1H3,(H2,15,17,18,19,21). The summed E-state index contributed by atoms with van der Waals surface area (Å²) in [6, 6.07) is 7.37. The molecule has 0 saturated heterocycles. The Morgan fingerprint density at radius 1 is 1.32 bits per heavy atom. The third-order valence-electron chi connectivity index (χ3n) is 2.82. The van der Waals surface area contributed by atoms with Crippen molar-refractivity contribution in [3.63, 3.8) is 0 Å². The molecule has 9 heteroatoms. The molecular weight excluding hydrogens is 302 g/mol. The lowest BCUT2D eigenvalue weighted by Gasteiger charge is -2.06. The smallest absolute Gasteiger partial charge is 0.321 e. The number of hydrogen-bond donors (Lipinski definition) is 2. The Kier molecular flexibility index (Phi) is 4.05. The highest BCUT2D eigenvalue weighted by Crippen LogP contribution is 2.10. The summed E-state index contributed by atoms with van der Waals surface area (Å²) in [6.45, 7) is 2.19. The molecule has 0 bridgehead atoms. The number of carbonyl (C=O) groups excluding carboxylic acids is 1. The molecule has 22 heavy (non-hydrogen) atoms. The molecule has 2 heterocycles. The summed E-state index contributed by atoms with van der Waals surface area (Å²) < 4.78 is 5.67. The van der Waals surface area contributed by atoms with Crippen molar-refractivity contribution < 1.29 is 4.79 Å². The summed E-state index contributed by atoms with van der Waals surface area (Å²) in [5.41, 5.74) is 1.89. The highest BCUT2D eigenvalue weighted by molar-refractivity contribution is 7.09. The topological polar surface area (TPSA) is 97.6 Å². The van der Waals surface area contributed by atoms with Gasteiger partial charge in [-0.2, -0.15) is 9.47 Å². The van der Waals surface area contributed by atoms with Crippen molar-refractivity contribution in [2.24, 2.45) is 0 Å². The van der Waals surface area contributed by atoms with Gasteiger partial charge in [0.1, 0.15) is 18.5 Å². The lowest BCUT2D eigenvalue weighted by molar-refractivity contribution is 0.251. The van der Waals surface area contributed by atoms with Crippen LogP contribution in [-0.4, -0.2) is 30.2 Å². The molecule has 0 aliphatic heterocycles. The van der Waals surface area contributed by atoms with Crippen LogP contribution in [0, 0.1) is 6.92 Å². The average molecular weight is 315 g/mol. The molecule has 0 aliphatic rings. The molecule has 3 rings (SSSR count). The fourth-order valence-corrected chi connectivity index (χ4v) is 2.35. The molecule has 0 saturated carbocycles. The first-order valence-electron chi connectivity index (χ1n) is 6.50. The maximum atomic E-state index is 11.7. The van der Waals surface area contributed by atoms with E-state index in [0.717, 1.165) is 22.8 Å². The van der Waals surface area contributed by atoms with Gasteiger partial charge >= 0.3 is 6.03 Å². The number of aromatic nitrogens is 5. The monoisotopic (exact) mass is 315 g/mol. The Labute approximate surface area is 130 Å². The fraction of sp³-hybridized carbons (Fsp3) is 0.154. The van der Waals surface area contributed by atoms with Crippen molar-refractivity contribution in [3.8, 4) is 5.69 Å². The second-order valence-electron chi connectivity index (χ2n) is 4.46. The molecule has 1 aromatic carbocycles. The first kappa shape index (κ1) is 14.1. The molecule has 2 amide bonds. The molecule has 0 aliphatic carbocycles. The predicted octanol–water partition coefficient (Wildman–Crippen LogP) is 1.75. The second kappa shape index (κ2) is 6.31. The highest BCUT2D eigenvalue weighted by atomic mass is 32.1. The molecule has 8 nitrogen and oxygen atoms in total. The van der Waals surface area contributed by atoms with E-state index in [1.54, 1.807) is 17.9 Å². The Balaban J connectivity index is 1.54. The van der Waals surface area contributed by atoms with Gasteiger partial charge in [0.2, 0.25) is 5.13 Å². The van der Waals surface area contributed by atoms with Crippen molar-refractivity contribution in [1.29, 1.82) is 0 Å². The number of aryl methyl sites for hydroxylation is 1. The molecule has 112 valence electrons. The summed E-state index contributed by atoms with van der Waals surface area (Å²) in [4.78, 5) is 19.7. The SMILES string of the molecule is Cc1nsc(NC(=O)NCc2ccc(-n3cncn3)cc2)n1. The quantitative estimate of drug-likeness (QED) is 0.764. The third kappa shape index (κ3) is 3.44. The molecule has 2 N–H and O–H groups in total. The molecule has 0 fully saturated rings. The normalized spacial score (nSPS) is 10.4. The molecule has 0 radical (unpaired) electrons. The van der Waals surface area contributed by atoms with Crippen LogP contribution in [0.2, 0.25) is 0 Å². The molecule has 0 atom stereocenters. The van der Waals surface area contributed by atoms with Crippen LogP contribution in [0.15, 0.2) is 36.9 Å². The summed E-state index contributed by atoms with van der Waals surface area (Å²) in [6.07, 6.45) is 3.11. The minimum absolute atomic E-state index is 0.309. The number of urea groups is 1. The first-order valence-corrected chi connectivity index (χ1v) is 7.27. The van der Waals surface area contributed by atoms with E-state index < -0.39 is 0 Å². The van der Waals surface area contributed by atoms with Gasteiger partial charge in [0, 0.05) is 18.1 Å². The summed E-state index contributed by atoms with van der Waals surface area (Å²) >= 11 is 1.15. The summed E-state index contributed by atoms with van der Waals surface area (Å²) in [5, 5.41) is 9.94. The van der Waals surface area contributed by atoms with Crippen molar-refractivity contribution in [3.05, 3.63) is 48.3 Å². The predicted molar refractivity (Wildman–Crippen MR) is 81.9 cm³/mol. The Bertz CT molecular complexity index is 751. The van der Waals surface area contributed by atoms with E-state index in [1.165, 1.54) is 6.33 Å². The van der Waals surface area contributed by atoms with Gasteiger partial charge in [0.15, 0.2) is 0 Å². The number of benzene rings is 1. The van der Waals surface area contributed by atoms with Gasteiger partial charge in [-0.15, -0.1) is 0 Å². The second-order valence-corrected chi connectivity index (χ2v) is 5.21. The maximum Gasteiger partial charge on any atom is 0.321 e. The minimum Gasteiger partial charge on any atom is -0.334 e. The van der Waals surface area contributed by atoms with Crippen molar-refractivity contribution in [2.45, 2.75) is 13.5 Å². The van der Waals surface area contributed by atoms with Crippen LogP contribution < -0.4 is 10.6 Å². The minimum atomic E-state index is -0.309. The zero-order valence-corrected chi connectivity index (χ0v) is 12.5. The van der Waals surface area contributed by atoms with Crippen LogP contribution in [0.4, 0.5) is 9.93 Å². The van der Waals surface area contributed by atoms with E-state index in [4.69, 9.17) is 0 Å². The van der Waals surface area contributed by atoms with Gasteiger partial charge in [0.25, 0.3) is 0 Å². The van der Waals surface area contributed by atoms with Crippen LogP contribution in [0.5, 0.6) is 0 Å². The van der Waals surface area contributed by atoms with Crippen molar-refractivity contribution in [2.75, 3.05) is 5.32 Å².